The molecule has 2 fully saturated rings. The van der Waals surface area contributed by atoms with Crippen LogP contribution in [0.5, 0.6) is 0 Å². The van der Waals surface area contributed by atoms with Crippen LogP contribution in [0, 0.1) is 0 Å². The largest absolute Gasteiger partial charge is 0.422 e. The van der Waals surface area contributed by atoms with Gasteiger partial charge in [-0.2, -0.15) is 0 Å². The van der Waals surface area contributed by atoms with Crippen LogP contribution >= 0.6 is 0 Å². The fourth-order valence-electron chi connectivity index (χ4n) is 3.33. The number of para-hydroxylation sites is 1. The van der Waals surface area contributed by atoms with Crippen LogP contribution in [0.4, 0.5) is 0 Å². The van der Waals surface area contributed by atoms with Gasteiger partial charge in [0.15, 0.2) is 9.84 Å². The lowest BCUT2D eigenvalue weighted by molar-refractivity contribution is 0.0676. The summed E-state index contributed by atoms with van der Waals surface area (Å²) in [5, 5.41) is 0.676. The minimum Gasteiger partial charge on any atom is -0.422 e. The van der Waals surface area contributed by atoms with Gasteiger partial charge in [-0.15, -0.1) is 0 Å². The second-order valence-electron chi connectivity index (χ2n) is 6.49. The molecule has 1 amide bonds. The summed E-state index contributed by atoms with van der Waals surface area (Å²) < 4.78 is 28.8. The molecule has 0 spiro atoms. The van der Waals surface area contributed by atoms with E-state index < -0.39 is 21.4 Å². The number of fused-ring (bicyclic) bond motifs is 1. The van der Waals surface area contributed by atoms with Gasteiger partial charge in [-0.05, 0) is 31.4 Å². The van der Waals surface area contributed by atoms with E-state index in [1.807, 2.05) is 0 Å². The van der Waals surface area contributed by atoms with Crippen molar-refractivity contribution in [2.45, 2.75) is 31.3 Å². The molecule has 1 saturated heterocycles. The van der Waals surface area contributed by atoms with Gasteiger partial charge in [-0.25, -0.2) is 13.2 Å². The van der Waals surface area contributed by atoms with E-state index in [1.54, 1.807) is 35.2 Å². The number of carbonyl (C=O) groups is 1. The first-order valence-electron chi connectivity index (χ1n) is 8.00. The van der Waals surface area contributed by atoms with Crippen molar-refractivity contribution in [3.05, 3.63) is 46.3 Å². The number of carbonyl (C=O) groups excluding carboxylic acids is 1. The fourth-order valence-corrected chi connectivity index (χ4v) is 5.04. The van der Waals surface area contributed by atoms with Crippen LogP contribution in [0.25, 0.3) is 11.0 Å². The zero-order chi connectivity index (χ0) is 16.9. The predicted molar refractivity (Wildman–Crippen MR) is 88.7 cm³/mol. The van der Waals surface area contributed by atoms with E-state index in [4.69, 9.17) is 4.42 Å². The van der Waals surface area contributed by atoms with Crippen molar-refractivity contribution in [2.24, 2.45) is 0 Å². The second-order valence-corrected chi connectivity index (χ2v) is 8.71. The summed E-state index contributed by atoms with van der Waals surface area (Å²) in [7, 11) is -3.10. The number of amides is 1. The Morgan fingerprint density at radius 3 is 2.54 bits per heavy atom. The molecule has 126 valence electrons. The Hall–Kier alpha value is -2.15. The van der Waals surface area contributed by atoms with Crippen molar-refractivity contribution in [3.63, 3.8) is 0 Å². The van der Waals surface area contributed by atoms with Crippen molar-refractivity contribution < 1.29 is 17.6 Å². The van der Waals surface area contributed by atoms with Gasteiger partial charge in [0, 0.05) is 17.5 Å². The minimum absolute atomic E-state index is 0.0197. The van der Waals surface area contributed by atoms with E-state index in [9.17, 15) is 18.0 Å². The molecule has 2 heterocycles. The van der Waals surface area contributed by atoms with E-state index in [2.05, 4.69) is 0 Å². The number of hydrogen-bond donors (Lipinski definition) is 0. The molecule has 1 saturated carbocycles. The highest BCUT2D eigenvalue weighted by molar-refractivity contribution is 7.91. The highest BCUT2D eigenvalue weighted by Crippen LogP contribution is 2.33. The summed E-state index contributed by atoms with van der Waals surface area (Å²) in [6.45, 7) is 0. The van der Waals surface area contributed by atoms with E-state index in [-0.39, 0.29) is 29.2 Å². The molecular weight excluding hydrogens is 330 g/mol. The molecule has 2 aliphatic rings. The average Bonchev–Trinajstić information content (AvgIpc) is 3.30. The minimum atomic E-state index is -3.10. The van der Waals surface area contributed by atoms with E-state index in [0.29, 0.717) is 17.4 Å². The first kappa shape index (κ1) is 15.4. The van der Waals surface area contributed by atoms with Gasteiger partial charge in [0.2, 0.25) is 0 Å². The van der Waals surface area contributed by atoms with Gasteiger partial charge < -0.3 is 9.32 Å². The standard InChI is InChI=1S/C17H17NO5S/c19-16(14-9-11-3-1-2-4-15(11)23-17(14)20)18(12-5-6-12)13-7-8-24(21,22)10-13/h1-4,9,12-13H,5-8,10H2. The molecule has 0 bridgehead atoms. The normalized spacial score (nSPS) is 22.6. The predicted octanol–water partition coefficient (Wildman–Crippen LogP) is 1.58. The van der Waals surface area contributed by atoms with Gasteiger partial charge in [0.05, 0.1) is 11.5 Å². The molecule has 1 unspecified atom stereocenters. The Bertz CT molecular complexity index is 974. The third kappa shape index (κ3) is 2.73. The number of sulfone groups is 1. The number of benzene rings is 1. The first-order chi connectivity index (χ1) is 11.4. The Morgan fingerprint density at radius 2 is 1.88 bits per heavy atom. The molecule has 7 heteroatoms. The third-order valence-electron chi connectivity index (χ3n) is 4.65. The highest BCUT2D eigenvalue weighted by Gasteiger charge is 2.43. The zero-order valence-corrected chi connectivity index (χ0v) is 13.8. The van der Waals surface area contributed by atoms with E-state index in [0.717, 1.165) is 12.8 Å². The molecule has 0 radical (unpaired) electrons. The Kier molecular flexibility index (Phi) is 3.49. The summed E-state index contributed by atoms with van der Waals surface area (Å²) >= 11 is 0. The van der Waals surface area contributed by atoms with Gasteiger partial charge in [0.1, 0.15) is 11.1 Å². The quantitative estimate of drug-likeness (QED) is 0.787. The summed E-state index contributed by atoms with van der Waals surface area (Å²) in [5.74, 6) is -0.339. The molecule has 6 nitrogen and oxygen atoms in total. The maximum atomic E-state index is 13.0. The van der Waals surface area contributed by atoms with Crippen LogP contribution in [0.3, 0.4) is 0 Å². The molecule has 4 rings (SSSR count). The van der Waals surface area contributed by atoms with Crippen LogP contribution in [0.2, 0.25) is 0 Å². The lowest BCUT2D eigenvalue weighted by atomic mass is 10.1. The Labute approximate surface area is 139 Å². The number of rotatable bonds is 3. The topological polar surface area (TPSA) is 84.7 Å². The Balaban J connectivity index is 1.73. The zero-order valence-electron chi connectivity index (χ0n) is 13.0. The van der Waals surface area contributed by atoms with Crippen LogP contribution in [-0.2, 0) is 9.84 Å². The molecule has 1 aliphatic carbocycles. The van der Waals surface area contributed by atoms with Crippen LogP contribution < -0.4 is 5.63 Å². The van der Waals surface area contributed by atoms with Gasteiger partial charge >= 0.3 is 5.63 Å². The molecule has 1 aliphatic heterocycles. The molecular formula is C17H17NO5S. The van der Waals surface area contributed by atoms with Crippen LogP contribution in [0.1, 0.15) is 29.6 Å². The van der Waals surface area contributed by atoms with Crippen LogP contribution in [-0.4, -0.2) is 42.8 Å². The first-order valence-corrected chi connectivity index (χ1v) is 9.83. The van der Waals surface area contributed by atoms with Crippen molar-refractivity contribution in [3.8, 4) is 0 Å². The molecule has 1 aromatic heterocycles. The van der Waals surface area contributed by atoms with E-state index >= 15 is 0 Å². The van der Waals surface area contributed by atoms with Crippen molar-refractivity contribution in [1.82, 2.24) is 4.90 Å². The van der Waals surface area contributed by atoms with Crippen molar-refractivity contribution in [2.75, 3.05) is 11.5 Å². The van der Waals surface area contributed by atoms with Crippen molar-refractivity contribution >= 4 is 26.7 Å². The fraction of sp³-hybridized carbons (Fsp3) is 0.412. The van der Waals surface area contributed by atoms with Crippen molar-refractivity contribution in [1.29, 1.82) is 0 Å². The summed E-state index contributed by atoms with van der Waals surface area (Å²) in [5.41, 5.74) is -0.268. The molecule has 0 N–H and O–H groups in total. The monoisotopic (exact) mass is 347 g/mol. The lowest BCUT2D eigenvalue weighted by Gasteiger charge is -2.28. The second kappa shape index (κ2) is 5.44. The van der Waals surface area contributed by atoms with Gasteiger partial charge in [0.25, 0.3) is 5.91 Å². The number of hydrogen-bond acceptors (Lipinski definition) is 5. The smallest absolute Gasteiger partial charge is 0.349 e. The maximum Gasteiger partial charge on any atom is 0.349 e. The molecule has 1 atom stereocenters. The highest BCUT2D eigenvalue weighted by atomic mass is 32.2. The lowest BCUT2D eigenvalue weighted by Crippen LogP contribution is -2.44. The van der Waals surface area contributed by atoms with Gasteiger partial charge in [-0.3, -0.25) is 4.79 Å². The number of nitrogens with zero attached hydrogens (tertiary/aromatic N) is 1. The molecule has 2 aromatic rings. The molecule has 24 heavy (non-hydrogen) atoms. The SMILES string of the molecule is O=C(c1cc2ccccc2oc1=O)N(C1CC1)C1CCS(=O)(=O)C1. The summed E-state index contributed by atoms with van der Waals surface area (Å²) in [6, 6.07) is 8.24. The summed E-state index contributed by atoms with van der Waals surface area (Å²) in [6.07, 6.45) is 2.13. The third-order valence-corrected chi connectivity index (χ3v) is 6.40. The average molecular weight is 347 g/mol. The summed E-state index contributed by atoms with van der Waals surface area (Å²) in [4.78, 5) is 26.8. The molecule has 1 aromatic carbocycles. The van der Waals surface area contributed by atoms with Gasteiger partial charge in [-0.1, -0.05) is 18.2 Å². The van der Waals surface area contributed by atoms with E-state index in [1.165, 1.54) is 0 Å². The Morgan fingerprint density at radius 1 is 1.12 bits per heavy atom. The van der Waals surface area contributed by atoms with Crippen LogP contribution in [0.15, 0.2) is 39.5 Å². The maximum absolute atomic E-state index is 13.0.